The number of anilines is 1. The van der Waals surface area contributed by atoms with Crippen LogP contribution in [-0.4, -0.2) is 28.9 Å². The Morgan fingerprint density at radius 2 is 1.86 bits per heavy atom. The van der Waals surface area contributed by atoms with E-state index in [1.807, 2.05) is 38.2 Å². The van der Waals surface area contributed by atoms with Crippen molar-refractivity contribution >= 4 is 22.5 Å². The van der Waals surface area contributed by atoms with Crippen LogP contribution in [0, 0.1) is 5.92 Å². The van der Waals surface area contributed by atoms with Crippen LogP contribution in [-0.2, 0) is 0 Å². The lowest BCUT2D eigenvalue weighted by Gasteiger charge is -2.28. The number of nitrogens with one attached hydrogen (secondary N) is 1. The molecule has 0 aliphatic carbocycles. The summed E-state index contributed by atoms with van der Waals surface area (Å²) in [5.74, 6) is 6.42. The highest BCUT2D eigenvalue weighted by atomic mass is 16.2. The first kappa shape index (κ1) is 15.3. The fourth-order valence-corrected chi connectivity index (χ4v) is 2.30. The van der Waals surface area contributed by atoms with E-state index in [2.05, 4.69) is 24.3 Å². The van der Waals surface area contributed by atoms with Gasteiger partial charge in [0.25, 0.3) is 5.91 Å². The number of carbonyl (C=O) groups is 1. The van der Waals surface area contributed by atoms with Gasteiger partial charge in [-0.2, -0.15) is 0 Å². The Bertz CT molecular complexity index is 654. The van der Waals surface area contributed by atoms with Crippen molar-refractivity contribution in [3.63, 3.8) is 0 Å². The molecule has 21 heavy (non-hydrogen) atoms. The molecule has 0 spiro atoms. The van der Waals surface area contributed by atoms with Gasteiger partial charge in [0.2, 0.25) is 0 Å². The Kier molecular flexibility index (Phi) is 4.43. The number of hydrogen-bond acceptors (Lipinski definition) is 4. The van der Waals surface area contributed by atoms with Gasteiger partial charge in [0.05, 0.1) is 5.56 Å². The molecule has 1 amide bonds. The Morgan fingerprint density at radius 1 is 1.24 bits per heavy atom. The molecule has 1 heterocycles. The molecule has 0 fully saturated rings. The molecule has 5 heteroatoms. The quantitative estimate of drug-likeness (QED) is 0.669. The van der Waals surface area contributed by atoms with Gasteiger partial charge in [0.1, 0.15) is 5.82 Å². The number of hydrogen-bond donors (Lipinski definition) is 2. The number of nitrogens with two attached hydrogens (primary N) is 1. The average molecular weight is 286 g/mol. The molecule has 0 aliphatic heterocycles. The summed E-state index contributed by atoms with van der Waals surface area (Å²) in [6.07, 6.45) is 1.59. The van der Waals surface area contributed by atoms with Crippen LogP contribution in [0.2, 0.25) is 0 Å². The van der Waals surface area contributed by atoms with Crippen molar-refractivity contribution in [1.29, 1.82) is 0 Å². The van der Waals surface area contributed by atoms with Crippen LogP contribution in [0.15, 0.2) is 30.5 Å². The summed E-state index contributed by atoms with van der Waals surface area (Å²) >= 11 is 0. The van der Waals surface area contributed by atoms with Gasteiger partial charge < -0.3 is 10.3 Å². The van der Waals surface area contributed by atoms with Crippen molar-refractivity contribution in [2.24, 2.45) is 11.8 Å². The summed E-state index contributed by atoms with van der Waals surface area (Å²) in [5.41, 5.74) is 3.17. The topological polar surface area (TPSA) is 71.2 Å². The highest BCUT2D eigenvalue weighted by molar-refractivity contribution is 6.09. The SMILES string of the molecule is CC(C)C(C)N(C)C(=O)c1cnc(NN)c2ccccc12. The Hall–Kier alpha value is -2.14. The van der Waals surface area contributed by atoms with E-state index in [1.165, 1.54) is 0 Å². The molecule has 1 aromatic carbocycles. The summed E-state index contributed by atoms with van der Waals surface area (Å²) in [5, 5.41) is 1.70. The molecular weight excluding hydrogens is 264 g/mol. The summed E-state index contributed by atoms with van der Waals surface area (Å²) in [6, 6.07) is 7.79. The highest BCUT2D eigenvalue weighted by Crippen LogP contribution is 2.25. The maximum absolute atomic E-state index is 12.7. The number of aromatic nitrogens is 1. The standard InChI is InChI=1S/C16H22N4O/c1-10(2)11(3)20(4)16(21)14-9-18-15(19-17)13-8-6-5-7-12(13)14/h5-11H,17H2,1-4H3,(H,18,19). The molecule has 0 bridgehead atoms. The molecule has 5 nitrogen and oxygen atoms in total. The van der Waals surface area contributed by atoms with Crippen LogP contribution in [0.4, 0.5) is 5.82 Å². The lowest BCUT2D eigenvalue weighted by Crippen LogP contribution is -2.38. The fourth-order valence-electron chi connectivity index (χ4n) is 2.30. The lowest BCUT2D eigenvalue weighted by atomic mass is 10.0. The van der Waals surface area contributed by atoms with Crippen LogP contribution in [0.1, 0.15) is 31.1 Å². The van der Waals surface area contributed by atoms with Gasteiger partial charge in [0.15, 0.2) is 0 Å². The lowest BCUT2D eigenvalue weighted by molar-refractivity contribution is 0.0709. The van der Waals surface area contributed by atoms with Crippen molar-refractivity contribution in [2.75, 3.05) is 12.5 Å². The Morgan fingerprint density at radius 3 is 2.43 bits per heavy atom. The van der Waals surface area contributed by atoms with Gasteiger partial charge in [-0.25, -0.2) is 10.8 Å². The van der Waals surface area contributed by atoms with Crippen LogP contribution in [0.5, 0.6) is 0 Å². The number of pyridine rings is 1. The maximum Gasteiger partial charge on any atom is 0.256 e. The van der Waals surface area contributed by atoms with Crippen LogP contribution >= 0.6 is 0 Å². The zero-order valence-electron chi connectivity index (χ0n) is 12.9. The minimum Gasteiger partial charge on any atom is -0.339 e. The molecule has 1 aromatic heterocycles. The molecule has 0 saturated heterocycles. The van der Waals surface area contributed by atoms with Gasteiger partial charge in [-0.15, -0.1) is 0 Å². The van der Waals surface area contributed by atoms with E-state index in [1.54, 1.807) is 11.1 Å². The third-order valence-corrected chi connectivity index (χ3v) is 4.06. The van der Waals surface area contributed by atoms with Gasteiger partial charge in [0, 0.05) is 24.7 Å². The van der Waals surface area contributed by atoms with Gasteiger partial charge in [-0.05, 0) is 18.2 Å². The fraction of sp³-hybridized carbons (Fsp3) is 0.375. The number of rotatable bonds is 4. The Labute approximate surface area is 125 Å². The number of fused-ring (bicyclic) bond motifs is 1. The van der Waals surface area contributed by atoms with Crippen LogP contribution in [0.25, 0.3) is 10.8 Å². The van der Waals surface area contributed by atoms with Gasteiger partial charge in [-0.3, -0.25) is 4.79 Å². The number of carbonyl (C=O) groups excluding carboxylic acids is 1. The molecule has 2 rings (SSSR count). The van der Waals surface area contributed by atoms with E-state index >= 15 is 0 Å². The number of benzene rings is 1. The second kappa shape index (κ2) is 6.10. The zero-order valence-corrected chi connectivity index (χ0v) is 12.9. The number of nitrogens with zero attached hydrogens (tertiary/aromatic N) is 2. The van der Waals surface area contributed by atoms with Crippen molar-refractivity contribution in [1.82, 2.24) is 9.88 Å². The molecule has 0 saturated carbocycles. The highest BCUT2D eigenvalue weighted by Gasteiger charge is 2.22. The molecule has 0 radical (unpaired) electrons. The minimum atomic E-state index is -0.0246. The second-order valence-corrected chi connectivity index (χ2v) is 5.61. The van der Waals surface area contributed by atoms with Crippen molar-refractivity contribution < 1.29 is 4.79 Å². The normalized spacial score (nSPS) is 12.5. The molecule has 2 aromatic rings. The number of amides is 1. The third-order valence-electron chi connectivity index (χ3n) is 4.06. The van der Waals surface area contributed by atoms with Gasteiger partial charge >= 0.3 is 0 Å². The first-order chi connectivity index (χ1) is 9.97. The first-order valence-corrected chi connectivity index (χ1v) is 7.09. The van der Waals surface area contributed by atoms with Crippen molar-refractivity contribution in [3.8, 4) is 0 Å². The summed E-state index contributed by atoms with van der Waals surface area (Å²) < 4.78 is 0. The molecule has 112 valence electrons. The van der Waals surface area contributed by atoms with E-state index in [-0.39, 0.29) is 11.9 Å². The van der Waals surface area contributed by atoms with E-state index in [9.17, 15) is 4.79 Å². The van der Waals surface area contributed by atoms with E-state index in [4.69, 9.17) is 5.84 Å². The molecule has 3 N–H and O–H groups in total. The average Bonchev–Trinajstić information content (AvgIpc) is 2.51. The molecule has 1 atom stereocenters. The van der Waals surface area contributed by atoms with Crippen LogP contribution < -0.4 is 11.3 Å². The second-order valence-electron chi connectivity index (χ2n) is 5.61. The predicted molar refractivity (Wildman–Crippen MR) is 85.9 cm³/mol. The van der Waals surface area contributed by atoms with Crippen molar-refractivity contribution in [2.45, 2.75) is 26.8 Å². The smallest absolute Gasteiger partial charge is 0.256 e. The maximum atomic E-state index is 12.7. The largest absolute Gasteiger partial charge is 0.339 e. The number of nitrogen functional groups attached to an aromatic ring is 1. The van der Waals surface area contributed by atoms with Crippen molar-refractivity contribution in [3.05, 3.63) is 36.0 Å². The molecular formula is C16H22N4O. The first-order valence-electron chi connectivity index (χ1n) is 7.09. The zero-order chi connectivity index (χ0) is 15.6. The number of hydrazine groups is 1. The van der Waals surface area contributed by atoms with Gasteiger partial charge in [-0.1, -0.05) is 38.1 Å². The summed E-state index contributed by atoms with van der Waals surface area (Å²) in [6.45, 7) is 6.26. The Balaban J connectivity index is 2.50. The van der Waals surface area contributed by atoms with E-state index < -0.39 is 0 Å². The molecule has 1 unspecified atom stereocenters. The van der Waals surface area contributed by atoms with E-state index in [0.717, 1.165) is 10.8 Å². The monoisotopic (exact) mass is 286 g/mol. The summed E-state index contributed by atoms with van der Waals surface area (Å²) in [7, 11) is 1.83. The predicted octanol–water partition coefficient (Wildman–Crippen LogP) is 2.64. The van der Waals surface area contributed by atoms with Crippen LogP contribution in [0.3, 0.4) is 0 Å². The third kappa shape index (κ3) is 2.83. The molecule has 0 aliphatic rings. The van der Waals surface area contributed by atoms with E-state index in [0.29, 0.717) is 17.3 Å². The minimum absolute atomic E-state index is 0.0246. The summed E-state index contributed by atoms with van der Waals surface area (Å²) in [4.78, 5) is 18.8.